The molecule has 0 spiro atoms. The van der Waals surface area contributed by atoms with Gasteiger partial charge in [-0.1, -0.05) is 12.1 Å². The van der Waals surface area contributed by atoms with Gasteiger partial charge in [-0.3, -0.25) is 0 Å². The van der Waals surface area contributed by atoms with E-state index in [0.29, 0.717) is 13.1 Å². The van der Waals surface area contributed by atoms with Crippen LogP contribution in [0.15, 0.2) is 18.2 Å². The van der Waals surface area contributed by atoms with Crippen LogP contribution >= 0.6 is 0 Å². The summed E-state index contributed by atoms with van der Waals surface area (Å²) in [5, 5.41) is 5.47. The molecule has 0 saturated heterocycles. The van der Waals surface area contributed by atoms with Gasteiger partial charge in [0.15, 0.2) is 11.6 Å². The van der Waals surface area contributed by atoms with Gasteiger partial charge in [0.25, 0.3) is 0 Å². The molecule has 0 saturated carbocycles. The minimum Gasteiger partial charge on any atom is -0.444 e. The molecule has 6 heteroatoms. The van der Waals surface area contributed by atoms with Crippen LogP contribution in [0.2, 0.25) is 0 Å². The Labute approximate surface area is 117 Å². The average Bonchev–Trinajstić information content (AvgIpc) is 2.31. The van der Waals surface area contributed by atoms with Crippen molar-refractivity contribution in [2.24, 2.45) is 0 Å². The van der Waals surface area contributed by atoms with Gasteiger partial charge in [0.05, 0.1) is 0 Å². The fourth-order valence-electron chi connectivity index (χ4n) is 1.48. The quantitative estimate of drug-likeness (QED) is 0.818. The molecule has 0 aliphatic carbocycles. The van der Waals surface area contributed by atoms with Crippen LogP contribution in [0.4, 0.5) is 13.6 Å². The molecular weight excluding hydrogens is 266 g/mol. The molecule has 0 aliphatic rings. The van der Waals surface area contributed by atoms with E-state index in [-0.39, 0.29) is 12.1 Å². The van der Waals surface area contributed by atoms with E-state index in [2.05, 4.69) is 10.6 Å². The van der Waals surface area contributed by atoms with Crippen LogP contribution in [-0.4, -0.2) is 24.8 Å². The Bertz CT molecular complexity index is 459. The molecule has 0 bridgehead atoms. The number of carbonyl (C=O) groups is 1. The summed E-state index contributed by atoms with van der Waals surface area (Å²) in [7, 11) is 0. The van der Waals surface area contributed by atoms with Crippen molar-refractivity contribution in [2.75, 3.05) is 13.1 Å². The van der Waals surface area contributed by atoms with Crippen molar-refractivity contribution in [3.63, 3.8) is 0 Å². The molecule has 1 aromatic rings. The molecule has 0 heterocycles. The monoisotopic (exact) mass is 286 g/mol. The van der Waals surface area contributed by atoms with E-state index in [1.165, 1.54) is 12.1 Å². The van der Waals surface area contributed by atoms with Gasteiger partial charge in [-0.25, -0.2) is 13.6 Å². The highest BCUT2D eigenvalue weighted by Gasteiger charge is 2.15. The van der Waals surface area contributed by atoms with Crippen LogP contribution in [0.1, 0.15) is 26.3 Å². The van der Waals surface area contributed by atoms with E-state index in [1.807, 2.05) is 0 Å². The zero-order chi connectivity index (χ0) is 15.2. The Kier molecular flexibility index (Phi) is 5.88. The first kappa shape index (κ1) is 16.4. The number of benzene rings is 1. The zero-order valence-electron chi connectivity index (χ0n) is 11.9. The van der Waals surface area contributed by atoms with Gasteiger partial charge >= 0.3 is 6.09 Å². The number of amides is 1. The normalized spacial score (nSPS) is 11.2. The second-order valence-corrected chi connectivity index (χ2v) is 5.32. The topological polar surface area (TPSA) is 50.4 Å². The van der Waals surface area contributed by atoms with Crippen molar-refractivity contribution in [3.05, 3.63) is 35.4 Å². The van der Waals surface area contributed by atoms with E-state index in [1.54, 1.807) is 20.8 Å². The first-order chi connectivity index (χ1) is 9.29. The molecule has 112 valence electrons. The van der Waals surface area contributed by atoms with Crippen LogP contribution in [0.3, 0.4) is 0 Å². The second kappa shape index (κ2) is 7.19. The van der Waals surface area contributed by atoms with Gasteiger partial charge in [-0.05, 0) is 26.8 Å². The molecule has 1 rings (SSSR count). The van der Waals surface area contributed by atoms with Crippen LogP contribution in [-0.2, 0) is 11.3 Å². The lowest BCUT2D eigenvalue weighted by atomic mass is 10.2. The molecule has 0 radical (unpaired) electrons. The Hall–Kier alpha value is -1.69. The van der Waals surface area contributed by atoms with Crippen molar-refractivity contribution in [2.45, 2.75) is 32.9 Å². The number of ether oxygens (including phenoxy) is 1. The summed E-state index contributed by atoms with van der Waals surface area (Å²) in [6.07, 6.45) is -0.503. The predicted molar refractivity (Wildman–Crippen MR) is 72.3 cm³/mol. The molecule has 1 amide bonds. The maximum atomic E-state index is 13.3. The number of rotatable bonds is 5. The van der Waals surface area contributed by atoms with Crippen molar-refractivity contribution in [3.8, 4) is 0 Å². The fraction of sp³-hybridized carbons (Fsp3) is 0.500. The molecule has 1 aromatic carbocycles. The highest BCUT2D eigenvalue weighted by molar-refractivity contribution is 5.67. The summed E-state index contributed by atoms with van der Waals surface area (Å²) in [5.74, 6) is -1.71. The van der Waals surface area contributed by atoms with E-state index < -0.39 is 23.3 Å². The van der Waals surface area contributed by atoms with Gasteiger partial charge in [-0.2, -0.15) is 0 Å². The van der Waals surface area contributed by atoms with E-state index >= 15 is 0 Å². The van der Waals surface area contributed by atoms with Crippen LogP contribution < -0.4 is 10.6 Å². The molecule has 20 heavy (non-hydrogen) atoms. The zero-order valence-corrected chi connectivity index (χ0v) is 11.9. The Morgan fingerprint density at radius 1 is 1.25 bits per heavy atom. The molecular formula is C14H20F2N2O2. The van der Waals surface area contributed by atoms with Crippen molar-refractivity contribution in [1.29, 1.82) is 0 Å². The highest BCUT2D eigenvalue weighted by atomic mass is 19.2. The molecule has 0 aromatic heterocycles. The maximum absolute atomic E-state index is 13.3. The van der Waals surface area contributed by atoms with Gasteiger partial charge in [0, 0.05) is 25.2 Å². The third-order valence-electron chi connectivity index (χ3n) is 2.32. The van der Waals surface area contributed by atoms with Crippen molar-refractivity contribution >= 4 is 6.09 Å². The number of halogens is 2. The lowest BCUT2D eigenvalue weighted by Gasteiger charge is -2.19. The molecule has 0 fully saturated rings. The Morgan fingerprint density at radius 2 is 1.95 bits per heavy atom. The first-order valence-corrected chi connectivity index (χ1v) is 6.40. The van der Waals surface area contributed by atoms with E-state index in [4.69, 9.17) is 4.74 Å². The SMILES string of the molecule is CC(C)(C)OC(=O)NCCNCc1cccc(F)c1F. The molecule has 0 atom stereocenters. The lowest BCUT2D eigenvalue weighted by molar-refractivity contribution is 0.0528. The molecule has 0 unspecified atom stereocenters. The van der Waals surface area contributed by atoms with E-state index in [0.717, 1.165) is 6.07 Å². The second-order valence-electron chi connectivity index (χ2n) is 5.32. The molecule has 2 N–H and O–H groups in total. The van der Waals surface area contributed by atoms with Gasteiger partial charge in [0.2, 0.25) is 0 Å². The molecule has 4 nitrogen and oxygen atoms in total. The maximum Gasteiger partial charge on any atom is 0.407 e. The first-order valence-electron chi connectivity index (χ1n) is 6.40. The third kappa shape index (κ3) is 5.97. The predicted octanol–water partition coefficient (Wildman–Crippen LogP) is 2.58. The van der Waals surface area contributed by atoms with E-state index in [9.17, 15) is 13.6 Å². The van der Waals surface area contributed by atoms with Gasteiger partial charge in [0.1, 0.15) is 5.60 Å². The number of hydrogen-bond donors (Lipinski definition) is 2. The van der Waals surface area contributed by atoms with Gasteiger partial charge < -0.3 is 15.4 Å². The van der Waals surface area contributed by atoms with Gasteiger partial charge in [-0.15, -0.1) is 0 Å². The Morgan fingerprint density at radius 3 is 2.60 bits per heavy atom. The minimum absolute atomic E-state index is 0.194. The number of carbonyl (C=O) groups excluding carboxylic acids is 1. The summed E-state index contributed by atoms with van der Waals surface area (Å²) in [6.45, 7) is 6.29. The third-order valence-corrected chi connectivity index (χ3v) is 2.32. The number of hydrogen-bond acceptors (Lipinski definition) is 3. The largest absolute Gasteiger partial charge is 0.444 e. The van der Waals surface area contributed by atoms with Crippen LogP contribution in [0, 0.1) is 11.6 Å². The average molecular weight is 286 g/mol. The summed E-state index contributed by atoms with van der Waals surface area (Å²) in [5.41, 5.74) is -0.287. The minimum atomic E-state index is -0.865. The van der Waals surface area contributed by atoms with Crippen LogP contribution in [0.5, 0.6) is 0 Å². The summed E-state index contributed by atoms with van der Waals surface area (Å²) >= 11 is 0. The van der Waals surface area contributed by atoms with Crippen molar-refractivity contribution < 1.29 is 18.3 Å². The standard InChI is InChI=1S/C14H20F2N2O2/c1-14(2,3)20-13(19)18-8-7-17-9-10-5-4-6-11(15)12(10)16/h4-6,17H,7-9H2,1-3H3,(H,18,19). The van der Waals surface area contributed by atoms with Crippen LogP contribution in [0.25, 0.3) is 0 Å². The highest BCUT2D eigenvalue weighted by Crippen LogP contribution is 2.10. The molecule has 0 aliphatic heterocycles. The number of alkyl carbamates (subject to hydrolysis) is 1. The smallest absolute Gasteiger partial charge is 0.407 e. The summed E-state index contributed by atoms with van der Waals surface area (Å²) in [6, 6.07) is 4.03. The lowest BCUT2D eigenvalue weighted by Crippen LogP contribution is -2.36. The van der Waals surface area contributed by atoms with Crippen molar-refractivity contribution in [1.82, 2.24) is 10.6 Å². The fourth-order valence-corrected chi connectivity index (χ4v) is 1.48. The number of nitrogens with one attached hydrogen (secondary N) is 2. The Balaban J connectivity index is 2.23. The summed E-state index contributed by atoms with van der Waals surface area (Å²) < 4.78 is 31.3. The summed E-state index contributed by atoms with van der Waals surface area (Å²) in [4.78, 5) is 11.3.